The van der Waals surface area contributed by atoms with Crippen molar-refractivity contribution >= 4 is 23.1 Å². The normalized spacial score (nSPS) is 14.5. The molecule has 6 nitrogen and oxygen atoms in total. The Morgan fingerprint density at radius 2 is 2.00 bits per heavy atom. The summed E-state index contributed by atoms with van der Waals surface area (Å²) in [4.78, 5) is 31.8. The molecule has 1 aromatic rings. The summed E-state index contributed by atoms with van der Waals surface area (Å²) in [5.74, 6) is -2.28. The van der Waals surface area contributed by atoms with E-state index < -0.39 is 28.2 Å². The van der Waals surface area contributed by atoms with Crippen LogP contribution in [0.25, 0.3) is 5.57 Å². The molecule has 0 radical (unpaired) electrons. The topological polar surface area (TPSA) is 89.3 Å². The molecular formula is C10H5FN2O4. The van der Waals surface area contributed by atoms with Crippen LogP contribution < -0.4 is 5.32 Å². The van der Waals surface area contributed by atoms with Gasteiger partial charge in [-0.2, -0.15) is 0 Å². The van der Waals surface area contributed by atoms with E-state index in [9.17, 15) is 24.1 Å². The second kappa shape index (κ2) is 3.78. The van der Waals surface area contributed by atoms with Crippen LogP contribution in [0.5, 0.6) is 0 Å². The highest BCUT2D eigenvalue weighted by Crippen LogP contribution is 2.24. The van der Waals surface area contributed by atoms with Crippen molar-refractivity contribution in [2.75, 3.05) is 0 Å². The molecule has 1 heterocycles. The zero-order valence-corrected chi connectivity index (χ0v) is 8.27. The second-order valence-electron chi connectivity index (χ2n) is 3.30. The zero-order chi connectivity index (χ0) is 12.6. The summed E-state index contributed by atoms with van der Waals surface area (Å²) < 4.78 is 13.5. The van der Waals surface area contributed by atoms with Gasteiger partial charge in [-0.1, -0.05) is 0 Å². The molecule has 0 aromatic heterocycles. The average molecular weight is 236 g/mol. The van der Waals surface area contributed by atoms with Crippen LogP contribution in [0.1, 0.15) is 5.56 Å². The predicted octanol–water partition coefficient (Wildman–Crippen LogP) is 0.774. The number of amides is 2. The van der Waals surface area contributed by atoms with Gasteiger partial charge in [0.1, 0.15) is 5.82 Å². The van der Waals surface area contributed by atoms with Crippen molar-refractivity contribution in [1.29, 1.82) is 0 Å². The maximum atomic E-state index is 13.5. The third-order valence-corrected chi connectivity index (χ3v) is 2.21. The molecule has 7 heteroatoms. The molecule has 0 saturated heterocycles. The Bertz CT molecular complexity index is 580. The number of non-ortho nitro benzene ring substituents is 1. The van der Waals surface area contributed by atoms with Gasteiger partial charge in [0.2, 0.25) is 0 Å². The van der Waals surface area contributed by atoms with E-state index in [0.717, 1.165) is 18.2 Å². The van der Waals surface area contributed by atoms with Gasteiger partial charge in [0.15, 0.2) is 0 Å². The van der Waals surface area contributed by atoms with Crippen LogP contribution in [0.15, 0.2) is 24.3 Å². The fourth-order valence-electron chi connectivity index (χ4n) is 1.45. The summed E-state index contributed by atoms with van der Waals surface area (Å²) in [6.07, 6.45) is 0.951. The quantitative estimate of drug-likeness (QED) is 0.466. The van der Waals surface area contributed by atoms with Gasteiger partial charge < -0.3 is 0 Å². The van der Waals surface area contributed by atoms with E-state index in [0.29, 0.717) is 6.07 Å². The van der Waals surface area contributed by atoms with E-state index in [4.69, 9.17) is 0 Å². The molecular weight excluding hydrogens is 231 g/mol. The van der Waals surface area contributed by atoms with Crippen molar-refractivity contribution < 1.29 is 18.9 Å². The maximum absolute atomic E-state index is 13.5. The largest absolute Gasteiger partial charge is 0.289 e. The summed E-state index contributed by atoms with van der Waals surface area (Å²) in [6, 6.07) is 2.86. The van der Waals surface area contributed by atoms with Crippen LogP contribution in [-0.2, 0) is 9.59 Å². The standard InChI is InChI=1S/C10H5FN2O4/c11-8-3-5(13(16)17)1-2-6(8)7-4-9(14)12-10(7)15/h1-4H,(H,12,14,15). The lowest BCUT2D eigenvalue weighted by Crippen LogP contribution is -2.21. The number of halogens is 1. The Hall–Kier alpha value is -2.57. The number of carbonyl (C=O) groups excluding carboxylic acids is 2. The lowest BCUT2D eigenvalue weighted by Gasteiger charge is -2.01. The van der Waals surface area contributed by atoms with E-state index in [1.807, 2.05) is 5.32 Å². The smallest absolute Gasteiger partial charge is 0.272 e. The van der Waals surface area contributed by atoms with Gasteiger partial charge in [-0.15, -0.1) is 0 Å². The number of benzene rings is 1. The van der Waals surface area contributed by atoms with Gasteiger partial charge in [0.05, 0.1) is 16.6 Å². The molecule has 0 atom stereocenters. The van der Waals surface area contributed by atoms with Crippen LogP contribution >= 0.6 is 0 Å². The number of nitro benzene ring substituents is 1. The van der Waals surface area contributed by atoms with Crippen LogP contribution in [0.3, 0.4) is 0 Å². The number of nitrogens with one attached hydrogen (secondary N) is 1. The Morgan fingerprint density at radius 1 is 1.29 bits per heavy atom. The lowest BCUT2D eigenvalue weighted by atomic mass is 10.1. The summed E-state index contributed by atoms with van der Waals surface area (Å²) in [7, 11) is 0. The fraction of sp³-hybridized carbons (Fsp3) is 0. The van der Waals surface area contributed by atoms with Crippen molar-refractivity contribution in [3.63, 3.8) is 0 Å². The van der Waals surface area contributed by atoms with E-state index in [-0.39, 0.29) is 11.1 Å². The Kier molecular flexibility index (Phi) is 2.43. The van der Waals surface area contributed by atoms with Gasteiger partial charge in [0, 0.05) is 17.7 Å². The first-order valence-electron chi connectivity index (χ1n) is 4.50. The highest BCUT2D eigenvalue weighted by molar-refractivity contribution is 6.33. The lowest BCUT2D eigenvalue weighted by molar-refractivity contribution is -0.385. The van der Waals surface area contributed by atoms with Crippen molar-refractivity contribution in [3.8, 4) is 0 Å². The highest BCUT2D eigenvalue weighted by atomic mass is 19.1. The van der Waals surface area contributed by atoms with Crippen LogP contribution in [-0.4, -0.2) is 16.7 Å². The SMILES string of the molecule is O=C1C=C(c2ccc([N+](=O)[O-])cc2F)C(=O)N1. The molecule has 1 N–H and O–H groups in total. The Balaban J connectivity index is 2.48. The predicted molar refractivity (Wildman–Crippen MR) is 54.2 cm³/mol. The minimum atomic E-state index is -0.921. The van der Waals surface area contributed by atoms with Crippen molar-refractivity contribution in [3.05, 3.63) is 45.8 Å². The number of hydrogen-bond donors (Lipinski definition) is 1. The van der Waals surface area contributed by atoms with E-state index in [2.05, 4.69) is 0 Å². The first kappa shape index (κ1) is 10.9. The van der Waals surface area contributed by atoms with E-state index >= 15 is 0 Å². The molecule has 17 heavy (non-hydrogen) atoms. The van der Waals surface area contributed by atoms with E-state index in [1.165, 1.54) is 0 Å². The molecule has 0 spiro atoms. The molecule has 2 rings (SSSR count). The molecule has 0 bridgehead atoms. The summed E-state index contributed by atoms with van der Waals surface area (Å²) in [5, 5.41) is 12.4. The van der Waals surface area contributed by atoms with Gasteiger partial charge in [-0.05, 0) is 6.07 Å². The summed E-state index contributed by atoms with van der Waals surface area (Å²) in [6.45, 7) is 0. The molecule has 0 saturated carbocycles. The molecule has 86 valence electrons. The first-order chi connectivity index (χ1) is 7.99. The third kappa shape index (κ3) is 1.89. The fourth-order valence-corrected chi connectivity index (χ4v) is 1.45. The van der Waals surface area contributed by atoms with Gasteiger partial charge in [-0.25, -0.2) is 4.39 Å². The van der Waals surface area contributed by atoms with Crippen molar-refractivity contribution in [2.24, 2.45) is 0 Å². The van der Waals surface area contributed by atoms with Gasteiger partial charge in [0.25, 0.3) is 17.5 Å². The number of nitro groups is 1. The first-order valence-corrected chi connectivity index (χ1v) is 4.50. The van der Waals surface area contributed by atoms with E-state index in [1.54, 1.807) is 0 Å². The zero-order valence-electron chi connectivity index (χ0n) is 8.27. The van der Waals surface area contributed by atoms with Crippen LogP contribution in [0.2, 0.25) is 0 Å². The second-order valence-corrected chi connectivity index (χ2v) is 3.30. The monoisotopic (exact) mass is 236 g/mol. The molecule has 1 aromatic carbocycles. The summed E-state index contributed by atoms with van der Waals surface area (Å²) >= 11 is 0. The molecule has 0 unspecified atom stereocenters. The number of nitrogens with zero attached hydrogens (tertiary/aromatic N) is 1. The number of rotatable bonds is 2. The molecule has 0 aliphatic carbocycles. The highest BCUT2D eigenvalue weighted by Gasteiger charge is 2.25. The number of carbonyl (C=O) groups is 2. The average Bonchev–Trinajstić information content (AvgIpc) is 2.57. The Morgan fingerprint density at radius 3 is 2.47 bits per heavy atom. The Labute approximate surface area is 93.9 Å². The third-order valence-electron chi connectivity index (χ3n) is 2.21. The molecule has 1 aliphatic heterocycles. The number of imide groups is 1. The number of hydrogen-bond acceptors (Lipinski definition) is 4. The molecule has 2 amide bonds. The van der Waals surface area contributed by atoms with Crippen molar-refractivity contribution in [1.82, 2.24) is 5.32 Å². The maximum Gasteiger partial charge on any atom is 0.272 e. The minimum Gasteiger partial charge on any atom is -0.289 e. The van der Waals surface area contributed by atoms with Gasteiger partial charge in [-0.3, -0.25) is 25.0 Å². The minimum absolute atomic E-state index is 0.137. The molecule has 1 aliphatic rings. The molecule has 0 fully saturated rings. The van der Waals surface area contributed by atoms with Gasteiger partial charge >= 0.3 is 0 Å². The summed E-state index contributed by atoms with van der Waals surface area (Å²) in [5.41, 5.74) is -0.696. The van der Waals surface area contributed by atoms with Crippen LogP contribution in [0, 0.1) is 15.9 Å². The van der Waals surface area contributed by atoms with Crippen molar-refractivity contribution in [2.45, 2.75) is 0 Å². The van der Waals surface area contributed by atoms with Crippen LogP contribution in [0.4, 0.5) is 10.1 Å².